The summed E-state index contributed by atoms with van der Waals surface area (Å²) in [6.45, 7) is 6.51. The van der Waals surface area contributed by atoms with E-state index in [1.165, 1.54) is 0 Å². The number of hydrogen-bond donors (Lipinski definition) is 1. The Balaban J connectivity index is 2.70. The molecule has 1 aromatic heterocycles. The van der Waals surface area contributed by atoms with Gasteiger partial charge in [-0.2, -0.15) is 0 Å². The molecule has 0 saturated carbocycles. The molecule has 5 heteroatoms. The molecule has 0 aliphatic heterocycles. The molecule has 0 amide bonds. The standard InChI is InChI=1S/C11H18N4S/c1-4-5-6-7-16-11-14-13-10(8-12)15(11)9(2)3/h9H,6-8,12H2,1-3H3. The SMILES string of the molecule is CC#CCCSc1nnc(CN)n1C(C)C. The van der Waals surface area contributed by atoms with Gasteiger partial charge in [-0.25, -0.2) is 0 Å². The van der Waals surface area contributed by atoms with Crippen molar-refractivity contribution in [1.82, 2.24) is 14.8 Å². The van der Waals surface area contributed by atoms with E-state index in [1.54, 1.807) is 11.8 Å². The Bertz CT molecular complexity index is 386. The first-order valence-corrected chi connectivity index (χ1v) is 6.35. The van der Waals surface area contributed by atoms with Crippen LogP contribution in [0.15, 0.2) is 5.16 Å². The van der Waals surface area contributed by atoms with Crippen LogP contribution < -0.4 is 5.73 Å². The highest BCUT2D eigenvalue weighted by molar-refractivity contribution is 7.99. The highest BCUT2D eigenvalue weighted by Crippen LogP contribution is 2.21. The lowest BCUT2D eigenvalue weighted by Crippen LogP contribution is -2.11. The molecule has 2 N–H and O–H groups in total. The van der Waals surface area contributed by atoms with Crippen LogP contribution in [0.1, 0.15) is 39.1 Å². The van der Waals surface area contributed by atoms with Gasteiger partial charge in [0.25, 0.3) is 0 Å². The van der Waals surface area contributed by atoms with Gasteiger partial charge < -0.3 is 10.3 Å². The summed E-state index contributed by atoms with van der Waals surface area (Å²) in [5.74, 6) is 7.70. The van der Waals surface area contributed by atoms with E-state index >= 15 is 0 Å². The molecule has 1 aromatic rings. The van der Waals surface area contributed by atoms with Crippen LogP contribution in [0.3, 0.4) is 0 Å². The summed E-state index contributed by atoms with van der Waals surface area (Å²) in [5, 5.41) is 9.18. The van der Waals surface area contributed by atoms with Crippen LogP contribution in [0, 0.1) is 11.8 Å². The average molecular weight is 238 g/mol. The van der Waals surface area contributed by atoms with Crippen LogP contribution in [0.25, 0.3) is 0 Å². The van der Waals surface area contributed by atoms with Crippen LogP contribution in [-0.2, 0) is 6.54 Å². The number of rotatable bonds is 5. The first kappa shape index (κ1) is 13.1. The fourth-order valence-electron chi connectivity index (χ4n) is 1.38. The Labute approximate surface area is 101 Å². The summed E-state index contributed by atoms with van der Waals surface area (Å²) < 4.78 is 2.09. The van der Waals surface area contributed by atoms with Gasteiger partial charge in [0, 0.05) is 18.2 Å². The minimum absolute atomic E-state index is 0.341. The first-order chi connectivity index (χ1) is 7.70. The van der Waals surface area contributed by atoms with E-state index in [0.29, 0.717) is 12.6 Å². The number of thioether (sulfide) groups is 1. The number of nitrogens with zero attached hydrogens (tertiary/aromatic N) is 3. The predicted molar refractivity (Wildman–Crippen MR) is 67.1 cm³/mol. The Morgan fingerprint density at radius 3 is 2.75 bits per heavy atom. The van der Waals surface area contributed by atoms with Crippen LogP contribution in [0.4, 0.5) is 0 Å². The summed E-state index contributed by atoms with van der Waals surface area (Å²) in [7, 11) is 0. The van der Waals surface area contributed by atoms with Gasteiger partial charge >= 0.3 is 0 Å². The molecular weight excluding hydrogens is 220 g/mol. The van der Waals surface area contributed by atoms with E-state index in [9.17, 15) is 0 Å². The summed E-state index contributed by atoms with van der Waals surface area (Å²) in [5.41, 5.74) is 5.62. The van der Waals surface area contributed by atoms with E-state index in [-0.39, 0.29) is 0 Å². The van der Waals surface area contributed by atoms with Crippen LogP contribution >= 0.6 is 11.8 Å². The van der Waals surface area contributed by atoms with Gasteiger partial charge in [-0.1, -0.05) is 11.8 Å². The summed E-state index contributed by atoms with van der Waals surface area (Å²) in [4.78, 5) is 0. The highest BCUT2D eigenvalue weighted by atomic mass is 32.2. The molecule has 0 unspecified atom stereocenters. The van der Waals surface area contributed by atoms with Crippen LogP contribution in [-0.4, -0.2) is 20.5 Å². The zero-order valence-corrected chi connectivity index (χ0v) is 10.8. The lowest BCUT2D eigenvalue weighted by Gasteiger charge is -2.12. The quantitative estimate of drug-likeness (QED) is 0.483. The highest BCUT2D eigenvalue weighted by Gasteiger charge is 2.13. The Morgan fingerprint density at radius 2 is 2.19 bits per heavy atom. The molecule has 0 atom stereocenters. The normalized spacial score (nSPS) is 10.3. The fourth-order valence-corrected chi connectivity index (χ4v) is 2.32. The van der Waals surface area contributed by atoms with Crippen molar-refractivity contribution in [2.45, 2.75) is 44.9 Å². The van der Waals surface area contributed by atoms with Crippen LogP contribution in [0.2, 0.25) is 0 Å². The molecule has 0 aromatic carbocycles. The van der Waals surface area contributed by atoms with E-state index in [1.807, 2.05) is 6.92 Å². The average Bonchev–Trinajstić information content (AvgIpc) is 2.67. The number of nitrogens with two attached hydrogens (primary N) is 1. The molecular formula is C11H18N4S. The van der Waals surface area contributed by atoms with E-state index in [2.05, 4.69) is 40.5 Å². The first-order valence-electron chi connectivity index (χ1n) is 5.37. The maximum absolute atomic E-state index is 5.62. The Kier molecular flexibility index (Phi) is 5.36. The Morgan fingerprint density at radius 1 is 1.44 bits per heavy atom. The van der Waals surface area contributed by atoms with Crippen molar-refractivity contribution < 1.29 is 0 Å². The van der Waals surface area contributed by atoms with Gasteiger partial charge in [-0.05, 0) is 20.8 Å². The molecule has 1 rings (SSSR count). The molecule has 0 spiro atoms. The second-order valence-corrected chi connectivity index (χ2v) is 4.65. The lowest BCUT2D eigenvalue weighted by molar-refractivity contribution is 0.526. The molecule has 0 aliphatic rings. The zero-order chi connectivity index (χ0) is 12.0. The van der Waals surface area contributed by atoms with Gasteiger partial charge in [0.05, 0.1) is 6.54 Å². The fraction of sp³-hybridized carbons (Fsp3) is 0.636. The molecule has 0 radical (unpaired) electrons. The molecule has 0 aliphatic carbocycles. The van der Waals surface area contributed by atoms with E-state index in [4.69, 9.17) is 5.73 Å². The summed E-state index contributed by atoms with van der Waals surface area (Å²) in [6.07, 6.45) is 0.879. The smallest absolute Gasteiger partial charge is 0.191 e. The molecule has 88 valence electrons. The number of hydrogen-bond acceptors (Lipinski definition) is 4. The van der Waals surface area contributed by atoms with Crippen molar-refractivity contribution in [1.29, 1.82) is 0 Å². The largest absolute Gasteiger partial charge is 0.324 e. The van der Waals surface area contributed by atoms with Crippen molar-refractivity contribution in [3.63, 3.8) is 0 Å². The molecule has 0 bridgehead atoms. The minimum atomic E-state index is 0.341. The van der Waals surface area contributed by atoms with Gasteiger partial charge in [-0.15, -0.1) is 22.0 Å². The summed E-state index contributed by atoms with van der Waals surface area (Å²) in [6, 6.07) is 0.341. The molecule has 4 nitrogen and oxygen atoms in total. The second-order valence-electron chi connectivity index (χ2n) is 3.59. The minimum Gasteiger partial charge on any atom is -0.324 e. The van der Waals surface area contributed by atoms with Crippen LogP contribution in [0.5, 0.6) is 0 Å². The Hall–Kier alpha value is -0.990. The third kappa shape index (κ3) is 3.26. The zero-order valence-electron chi connectivity index (χ0n) is 10.0. The number of aromatic nitrogens is 3. The van der Waals surface area contributed by atoms with Crippen molar-refractivity contribution in [3.05, 3.63) is 5.82 Å². The van der Waals surface area contributed by atoms with Gasteiger partial charge in [0.1, 0.15) is 5.82 Å². The third-order valence-corrected chi connectivity index (χ3v) is 3.01. The van der Waals surface area contributed by atoms with Crippen molar-refractivity contribution >= 4 is 11.8 Å². The predicted octanol–water partition coefficient (Wildman–Crippen LogP) is 1.82. The maximum Gasteiger partial charge on any atom is 0.191 e. The van der Waals surface area contributed by atoms with E-state index in [0.717, 1.165) is 23.2 Å². The van der Waals surface area contributed by atoms with E-state index < -0.39 is 0 Å². The lowest BCUT2D eigenvalue weighted by atomic mass is 10.4. The summed E-state index contributed by atoms with van der Waals surface area (Å²) >= 11 is 1.68. The van der Waals surface area contributed by atoms with Crippen molar-refractivity contribution in [2.75, 3.05) is 5.75 Å². The third-order valence-electron chi connectivity index (χ3n) is 2.07. The monoisotopic (exact) mass is 238 g/mol. The molecule has 0 fully saturated rings. The molecule has 16 heavy (non-hydrogen) atoms. The van der Waals surface area contributed by atoms with Crippen molar-refractivity contribution in [3.8, 4) is 11.8 Å². The second kappa shape index (κ2) is 6.56. The van der Waals surface area contributed by atoms with Gasteiger partial charge in [0.2, 0.25) is 0 Å². The van der Waals surface area contributed by atoms with Crippen molar-refractivity contribution in [2.24, 2.45) is 5.73 Å². The van der Waals surface area contributed by atoms with Gasteiger partial charge in [0.15, 0.2) is 5.16 Å². The maximum atomic E-state index is 5.62. The van der Waals surface area contributed by atoms with Gasteiger partial charge in [-0.3, -0.25) is 0 Å². The molecule has 1 heterocycles. The molecule has 0 saturated heterocycles. The topological polar surface area (TPSA) is 56.7 Å².